The van der Waals surface area contributed by atoms with Gasteiger partial charge in [0.05, 0.1) is 0 Å². The molecule has 0 aliphatic heterocycles. The Labute approximate surface area is 96.3 Å². The molecule has 2 rings (SSSR count). The number of alkyl halides is 5. The maximum Gasteiger partial charge on any atom is 0.435 e. The SMILES string of the molecule is O=C(O)Cn1nc(C(F)(F)F)c2c1C(F)(F)C=C2. The first-order valence-electron chi connectivity index (χ1n) is 4.60. The first kappa shape index (κ1) is 12.5. The van der Waals surface area contributed by atoms with Gasteiger partial charge in [0.1, 0.15) is 12.2 Å². The molecule has 98 valence electrons. The highest BCUT2D eigenvalue weighted by molar-refractivity contribution is 5.69. The molecule has 0 saturated heterocycles. The number of hydrogen-bond acceptors (Lipinski definition) is 2. The van der Waals surface area contributed by atoms with E-state index in [4.69, 9.17) is 5.11 Å². The van der Waals surface area contributed by atoms with Crippen molar-refractivity contribution in [2.45, 2.75) is 18.6 Å². The van der Waals surface area contributed by atoms with Crippen LogP contribution in [0.15, 0.2) is 6.08 Å². The number of nitrogens with zero attached hydrogens (tertiary/aromatic N) is 2. The molecule has 0 spiro atoms. The Hall–Kier alpha value is -1.93. The maximum atomic E-state index is 13.3. The second kappa shape index (κ2) is 3.53. The van der Waals surface area contributed by atoms with Crippen LogP contribution in [0.3, 0.4) is 0 Å². The highest BCUT2D eigenvalue weighted by atomic mass is 19.4. The molecule has 18 heavy (non-hydrogen) atoms. The molecule has 1 aromatic heterocycles. The van der Waals surface area contributed by atoms with Gasteiger partial charge in [0.25, 0.3) is 0 Å². The van der Waals surface area contributed by atoms with E-state index in [0.29, 0.717) is 6.08 Å². The predicted octanol–water partition coefficient (Wildman–Crippen LogP) is 2.11. The molecule has 0 aromatic carbocycles. The molecule has 1 aliphatic rings. The van der Waals surface area contributed by atoms with Crippen LogP contribution in [-0.4, -0.2) is 20.9 Å². The molecule has 1 aromatic rings. The van der Waals surface area contributed by atoms with Crippen LogP contribution in [0.4, 0.5) is 22.0 Å². The molecule has 0 amide bonds. The molecule has 0 unspecified atom stereocenters. The third-order valence-corrected chi connectivity index (χ3v) is 2.32. The van der Waals surface area contributed by atoms with Crippen molar-refractivity contribution >= 4 is 12.0 Å². The molecule has 4 nitrogen and oxygen atoms in total. The average molecular weight is 268 g/mol. The Bertz CT molecular complexity index is 544. The third-order valence-electron chi connectivity index (χ3n) is 2.32. The molecule has 9 heteroatoms. The topological polar surface area (TPSA) is 55.1 Å². The fraction of sp³-hybridized carbons (Fsp3) is 0.333. The second-order valence-electron chi connectivity index (χ2n) is 3.62. The smallest absolute Gasteiger partial charge is 0.435 e. The van der Waals surface area contributed by atoms with E-state index in [0.717, 1.165) is 0 Å². The van der Waals surface area contributed by atoms with E-state index in [2.05, 4.69) is 5.10 Å². The van der Waals surface area contributed by atoms with Gasteiger partial charge in [0, 0.05) is 5.56 Å². The van der Waals surface area contributed by atoms with Crippen molar-refractivity contribution in [3.05, 3.63) is 23.0 Å². The van der Waals surface area contributed by atoms with Gasteiger partial charge in [-0.25, -0.2) is 0 Å². The van der Waals surface area contributed by atoms with Gasteiger partial charge >= 0.3 is 18.1 Å². The molecule has 0 atom stereocenters. The Kier molecular flexibility index (Phi) is 2.46. The zero-order valence-corrected chi connectivity index (χ0v) is 8.50. The molecule has 0 saturated carbocycles. The van der Waals surface area contributed by atoms with Crippen molar-refractivity contribution in [3.8, 4) is 0 Å². The summed E-state index contributed by atoms with van der Waals surface area (Å²) in [6.07, 6.45) is -4.03. The number of fused-ring (bicyclic) bond motifs is 1. The van der Waals surface area contributed by atoms with Crippen LogP contribution in [0, 0.1) is 0 Å². The Morgan fingerprint density at radius 3 is 2.56 bits per heavy atom. The van der Waals surface area contributed by atoms with Crippen LogP contribution in [0.5, 0.6) is 0 Å². The van der Waals surface area contributed by atoms with E-state index in [9.17, 15) is 26.7 Å². The van der Waals surface area contributed by atoms with Gasteiger partial charge in [-0.05, 0) is 12.2 Å². The van der Waals surface area contributed by atoms with E-state index >= 15 is 0 Å². The molecule has 1 heterocycles. The van der Waals surface area contributed by atoms with Crippen LogP contribution in [0.1, 0.15) is 17.0 Å². The van der Waals surface area contributed by atoms with Gasteiger partial charge in [0.15, 0.2) is 5.69 Å². The van der Waals surface area contributed by atoms with Crippen LogP contribution >= 0.6 is 0 Å². The van der Waals surface area contributed by atoms with Crippen molar-refractivity contribution in [3.63, 3.8) is 0 Å². The van der Waals surface area contributed by atoms with Gasteiger partial charge in [-0.15, -0.1) is 0 Å². The molecule has 0 bridgehead atoms. The van der Waals surface area contributed by atoms with Crippen LogP contribution in [0.25, 0.3) is 6.08 Å². The van der Waals surface area contributed by atoms with E-state index in [1.54, 1.807) is 0 Å². The molecule has 0 fully saturated rings. The van der Waals surface area contributed by atoms with Gasteiger partial charge in [0.2, 0.25) is 0 Å². The van der Waals surface area contributed by atoms with Crippen molar-refractivity contribution < 1.29 is 31.9 Å². The number of aromatic nitrogens is 2. The molecule has 1 N–H and O–H groups in total. The first-order valence-corrected chi connectivity index (χ1v) is 4.60. The number of hydrogen-bond donors (Lipinski definition) is 1. The lowest BCUT2D eigenvalue weighted by Gasteiger charge is -2.10. The number of carboxylic acids is 1. The standard InChI is InChI=1S/C9H5F5N2O2/c10-8(11)2-1-4-6(9(12,13)14)15-16(7(4)8)3-5(17)18/h1-2H,3H2,(H,17,18). The Balaban J connectivity index is 2.62. The zero-order valence-electron chi connectivity index (χ0n) is 8.50. The highest BCUT2D eigenvalue weighted by Gasteiger charge is 2.47. The van der Waals surface area contributed by atoms with Gasteiger partial charge in [-0.3, -0.25) is 9.48 Å². The minimum atomic E-state index is -4.92. The average Bonchev–Trinajstić information content (AvgIpc) is 2.65. The van der Waals surface area contributed by atoms with E-state index in [-0.39, 0.29) is 10.8 Å². The summed E-state index contributed by atoms with van der Waals surface area (Å²) in [5.41, 5.74) is -3.34. The Morgan fingerprint density at radius 2 is 2.06 bits per heavy atom. The number of allylic oxidation sites excluding steroid dienone is 1. The predicted molar refractivity (Wildman–Crippen MR) is 47.8 cm³/mol. The van der Waals surface area contributed by atoms with Gasteiger partial charge in [-0.1, -0.05) is 0 Å². The summed E-state index contributed by atoms with van der Waals surface area (Å²) < 4.78 is 64.5. The zero-order chi connectivity index (χ0) is 13.7. The lowest BCUT2D eigenvalue weighted by atomic mass is 10.2. The summed E-state index contributed by atoms with van der Waals surface area (Å²) in [6.45, 7) is -1.06. The van der Waals surface area contributed by atoms with Crippen molar-refractivity contribution in [2.75, 3.05) is 0 Å². The third kappa shape index (κ3) is 1.85. The summed E-state index contributed by atoms with van der Waals surface area (Å²) in [6, 6.07) is 0. The molecular formula is C9H5F5N2O2. The van der Waals surface area contributed by atoms with Crippen LogP contribution < -0.4 is 0 Å². The van der Waals surface area contributed by atoms with Crippen molar-refractivity contribution in [1.29, 1.82) is 0 Å². The number of rotatable bonds is 2. The minimum absolute atomic E-state index is 0.167. The van der Waals surface area contributed by atoms with Crippen molar-refractivity contribution in [1.82, 2.24) is 9.78 Å². The fourth-order valence-corrected chi connectivity index (χ4v) is 1.70. The molecule has 1 aliphatic carbocycles. The summed E-state index contributed by atoms with van der Waals surface area (Å²) in [7, 11) is 0. The number of aliphatic carboxylic acids is 1. The summed E-state index contributed by atoms with van der Waals surface area (Å²) in [5, 5.41) is 11.4. The summed E-state index contributed by atoms with van der Waals surface area (Å²) >= 11 is 0. The quantitative estimate of drug-likeness (QED) is 0.836. The minimum Gasteiger partial charge on any atom is -0.480 e. The molecule has 0 radical (unpaired) electrons. The Morgan fingerprint density at radius 1 is 1.44 bits per heavy atom. The van der Waals surface area contributed by atoms with Crippen molar-refractivity contribution in [2.24, 2.45) is 0 Å². The number of halogens is 5. The summed E-state index contributed by atoms with van der Waals surface area (Å²) in [4.78, 5) is 10.4. The van der Waals surface area contributed by atoms with Crippen LogP contribution in [-0.2, 0) is 23.4 Å². The largest absolute Gasteiger partial charge is 0.480 e. The number of carbonyl (C=O) groups is 1. The normalized spacial score (nSPS) is 16.9. The summed E-state index contributed by atoms with van der Waals surface area (Å²) in [5.74, 6) is -5.21. The monoisotopic (exact) mass is 268 g/mol. The second-order valence-corrected chi connectivity index (χ2v) is 3.62. The van der Waals surface area contributed by atoms with E-state index in [1.807, 2.05) is 0 Å². The van der Waals surface area contributed by atoms with Gasteiger partial charge < -0.3 is 5.11 Å². The first-order chi connectivity index (χ1) is 8.13. The van der Waals surface area contributed by atoms with E-state index < -0.39 is 41.6 Å². The lowest BCUT2D eigenvalue weighted by molar-refractivity contribution is -0.143. The maximum absolute atomic E-state index is 13.3. The van der Waals surface area contributed by atoms with Gasteiger partial charge in [-0.2, -0.15) is 27.1 Å². The molecular weight excluding hydrogens is 263 g/mol. The number of carboxylic acid groups (broad SMARTS) is 1. The van der Waals surface area contributed by atoms with E-state index in [1.165, 1.54) is 0 Å². The fourth-order valence-electron chi connectivity index (χ4n) is 1.70. The highest BCUT2D eigenvalue weighted by Crippen LogP contribution is 2.44. The lowest BCUT2D eigenvalue weighted by Crippen LogP contribution is -2.19. The van der Waals surface area contributed by atoms with Crippen LogP contribution in [0.2, 0.25) is 0 Å².